The first-order chi connectivity index (χ1) is 14.4. The van der Waals surface area contributed by atoms with Crippen LogP contribution in [-0.4, -0.2) is 18.0 Å². The second kappa shape index (κ2) is 9.06. The van der Waals surface area contributed by atoms with Crippen molar-refractivity contribution < 1.29 is 14.3 Å². The Bertz CT molecular complexity index is 1150. The molecule has 0 saturated carbocycles. The maximum atomic E-state index is 12.8. The average molecular weight is 398 g/mol. The number of hydrogen-bond acceptors (Lipinski definition) is 4. The van der Waals surface area contributed by atoms with Crippen LogP contribution in [0, 0.1) is 25.2 Å². The molecular formula is C25H22N2O3. The summed E-state index contributed by atoms with van der Waals surface area (Å²) in [5, 5.41) is 12.2. The average Bonchev–Trinajstić information content (AvgIpc) is 2.75. The second-order valence-electron chi connectivity index (χ2n) is 7.06. The smallest absolute Gasteiger partial charge is 0.339 e. The van der Waals surface area contributed by atoms with Gasteiger partial charge in [-0.25, -0.2) is 4.79 Å². The molecule has 0 aliphatic heterocycles. The largest absolute Gasteiger partial charge is 0.449 e. The van der Waals surface area contributed by atoms with E-state index >= 15 is 0 Å². The van der Waals surface area contributed by atoms with Crippen molar-refractivity contribution in [3.05, 3.63) is 89.0 Å². The van der Waals surface area contributed by atoms with E-state index in [1.54, 1.807) is 48.5 Å². The highest BCUT2D eigenvalue weighted by Crippen LogP contribution is 2.27. The maximum absolute atomic E-state index is 12.8. The number of anilines is 1. The summed E-state index contributed by atoms with van der Waals surface area (Å²) in [6, 6.07) is 21.8. The minimum Gasteiger partial charge on any atom is -0.449 e. The molecule has 3 aromatic rings. The Balaban J connectivity index is 1.79. The number of esters is 1. The van der Waals surface area contributed by atoms with Crippen molar-refractivity contribution in [2.24, 2.45) is 0 Å². The van der Waals surface area contributed by atoms with Gasteiger partial charge in [0.05, 0.1) is 17.2 Å². The van der Waals surface area contributed by atoms with Crippen molar-refractivity contribution in [1.29, 1.82) is 5.26 Å². The second-order valence-corrected chi connectivity index (χ2v) is 7.06. The Labute approximate surface area is 175 Å². The zero-order chi connectivity index (χ0) is 21.7. The summed E-state index contributed by atoms with van der Waals surface area (Å²) in [5.41, 5.74) is 4.68. The molecule has 0 aliphatic carbocycles. The predicted octanol–water partition coefficient (Wildman–Crippen LogP) is 5.03. The van der Waals surface area contributed by atoms with Crippen LogP contribution < -0.4 is 5.32 Å². The molecular weight excluding hydrogens is 376 g/mol. The number of nitrogens with zero attached hydrogens (tertiary/aromatic N) is 1. The highest BCUT2D eigenvalue weighted by atomic mass is 16.5. The van der Waals surface area contributed by atoms with Crippen molar-refractivity contribution in [2.75, 3.05) is 5.32 Å². The van der Waals surface area contributed by atoms with E-state index in [1.165, 1.54) is 6.92 Å². The van der Waals surface area contributed by atoms with Gasteiger partial charge in [-0.3, -0.25) is 4.79 Å². The molecule has 1 amide bonds. The van der Waals surface area contributed by atoms with E-state index in [2.05, 4.69) is 11.4 Å². The number of carbonyl (C=O) groups is 2. The number of benzene rings is 3. The Hall–Kier alpha value is -3.91. The van der Waals surface area contributed by atoms with Crippen LogP contribution in [0.4, 0.5) is 5.69 Å². The van der Waals surface area contributed by atoms with E-state index in [0.717, 1.165) is 11.1 Å². The van der Waals surface area contributed by atoms with E-state index in [0.29, 0.717) is 27.9 Å². The van der Waals surface area contributed by atoms with Crippen LogP contribution in [0.15, 0.2) is 66.7 Å². The van der Waals surface area contributed by atoms with E-state index in [4.69, 9.17) is 4.74 Å². The van der Waals surface area contributed by atoms with Crippen molar-refractivity contribution in [2.45, 2.75) is 26.9 Å². The van der Waals surface area contributed by atoms with E-state index in [9.17, 15) is 14.9 Å². The van der Waals surface area contributed by atoms with Gasteiger partial charge >= 0.3 is 5.97 Å². The van der Waals surface area contributed by atoms with Crippen LogP contribution in [0.5, 0.6) is 0 Å². The molecule has 0 bridgehead atoms. The normalized spacial score (nSPS) is 11.3. The highest BCUT2D eigenvalue weighted by molar-refractivity contribution is 6.01. The fourth-order valence-corrected chi connectivity index (χ4v) is 3.18. The lowest BCUT2D eigenvalue weighted by molar-refractivity contribution is -0.123. The molecule has 0 heterocycles. The summed E-state index contributed by atoms with van der Waals surface area (Å²) in [7, 11) is 0. The molecule has 0 aliphatic rings. The summed E-state index contributed by atoms with van der Waals surface area (Å²) in [4.78, 5) is 25.4. The summed E-state index contributed by atoms with van der Waals surface area (Å²) < 4.78 is 5.44. The lowest BCUT2D eigenvalue weighted by Crippen LogP contribution is -2.30. The number of rotatable bonds is 5. The summed E-state index contributed by atoms with van der Waals surface area (Å²) in [6.45, 7) is 5.41. The standard InChI is InChI=1S/C25H22N2O3/c1-16-12-13-23(17(2)14-16)27-24(28)18(3)30-25(29)22-11-7-6-10-21(22)20-9-5-4-8-19(20)15-26/h4-14,18H,1-3H3,(H,27,28)/t18-/m0/s1. The number of carbonyl (C=O) groups excluding carboxylic acids is 2. The van der Waals surface area contributed by atoms with Gasteiger partial charge in [0.15, 0.2) is 6.10 Å². The van der Waals surface area contributed by atoms with Crippen LogP contribution in [0.1, 0.15) is 34.0 Å². The van der Waals surface area contributed by atoms with Crippen molar-refractivity contribution in [1.82, 2.24) is 0 Å². The molecule has 5 nitrogen and oxygen atoms in total. The number of nitriles is 1. The molecule has 5 heteroatoms. The molecule has 0 aromatic heterocycles. The van der Waals surface area contributed by atoms with Gasteiger partial charge in [0.25, 0.3) is 5.91 Å². The van der Waals surface area contributed by atoms with Crippen LogP contribution in [-0.2, 0) is 9.53 Å². The Morgan fingerprint density at radius 1 is 0.967 bits per heavy atom. The van der Waals surface area contributed by atoms with Crippen molar-refractivity contribution in [3.8, 4) is 17.2 Å². The summed E-state index contributed by atoms with van der Waals surface area (Å²) in [6.07, 6.45) is -0.988. The number of nitrogens with one attached hydrogen (secondary N) is 1. The third kappa shape index (κ3) is 4.56. The predicted molar refractivity (Wildman–Crippen MR) is 116 cm³/mol. The molecule has 1 atom stereocenters. The number of hydrogen-bond donors (Lipinski definition) is 1. The van der Waals surface area contributed by atoms with E-state index in [1.807, 2.05) is 32.0 Å². The van der Waals surface area contributed by atoms with Gasteiger partial charge in [0.1, 0.15) is 0 Å². The quantitative estimate of drug-likeness (QED) is 0.612. The van der Waals surface area contributed by atoms with Crippen molar-refractivity contribution >= 4 is 17.6 Å². The van der Waals surface area contributed by atoms with Gasteiger partial charge in [0, 0.05) is 11.3 Å². The fraction of sp³-hybridized carbons (Fsp3) is 0.160. The van der Waals surface area contributed by atoms with Gasteiger partial charge in [-0.2, -0.15) is 5.26 Å². The summed E-state index contributed by atoms with van der Waals surface area (Å²) in [5.74, 6) is -1.04. The lowest BCUT2D eigenvalue weighted by Gasteiger charge is -2.16. The topological polar surface area (TPSA) is 79.2 Å². The summed E-state index contributed by atoms with van der Waals surface area (Å²) >= 11 is 0. The van der Waals surface area contributed by atoms with Gasteiger partial charge in [0.2, 0.25) is 0 Å². The Morgan fingerprint density at radius 3 is 2.33 bits per heavy atom. The third-order valence-electron chi connectivity index (χ3n) is 4.78. The zero-order valence-corrected chi connectivity index (χ0v) is 17.1. The van der Waals surface area contributed by atoms with E-state index < -0.39 is 18.0 Å². The zero-order valence-electron chi connectivity index (χ0n) is 17.1. The Kier molecular flexibility index (Phi) is 6.29. The van der Waals surface area contributed by atoms with Gasteiger partial charge in [-0.1, -0.05) is 54.1 Å². The minimum absolute atomic E-state index is 0.298. The molecule has 0 radical (unpaired) electrons. The molecule has 3 rings (SSSR count). The monoisotopic (exact) mass is 398 g/mol. The van der Waals surface area contributed by atoms with Gasteiger partial charge in [-0.05, 0) is 50.1 Å². The molecule has 0 saturated heterocycles. The highest BCUT2D eigenvalue weighted by Gasteiger charge is 2.22. The van der Waals surface area contributed by atoms with Crippen LogP contribution in [0.2, 0.25) is 0 Å². The number of aryl methyl sites for hydroxylation is 2. The SMILES string of the molecule is Cc1ccc(NC(=O)[C@H](C)OC(=O)c2ccccc2-c2ccccc2C#N)c(C)c1. The minimum atomic E-state index is -0.988. The molecule has 0 spiro atoms. The maximum Gasteiger partial charge on any atom is 0.339 e. The number of ether oxygens (including phenoxy) is 1. The molecule has 0 fully saturated rings. The lowest BCUT2D eigenvalue weighted by atomic mass is 9.96. The van der Waals surface area contributed by atoms with E-state index in [-0.39, 0.29) is 0 Å². The molecule has 150 valence electrons. The molecule has 30 heavy (non-hydrogen) atoms. The van der Waals surface area contributed by atoms with Gasteiger partial charge < -0.3 is 10.1 Å². The van der Waals surface area contributed by atoms with Crippen LogP contribution in [0.3, 0.4) is 0 Å². The molecule has 0 unspecified atom stereocenters. The van der Waals surface area contributed by atoms with Crippen molar-refractivity contribution in [3.63, 3.8) is 0 Å². The fourth-order valence-electron chi connectivity index (χ4n) is 3.18. The van der Waals surface area contributed by atoms with Crippen LogP contribution in [0.25, 0.3) is 11.1 Å². The first-order valence-electron chi connectivity index (χ1n) is 9.58. The first-order valence-corrected chi connectivity index (χ1v) is 9.58. The number of amides is 1. The third-order valence-corrected chi connectivity index (χ3v) is 4.78. The molecule has 3 aromatic carbocycles. The van der Waals surface area contributed by atoms with Crippen LogP contribution >= 0.6 is 0 Å². The molecule has 1 N–H and O–H groups in total. The van der Waals surface area contributed by atoms with Gasteiger partial charge in [-0.15, -0.1) is 0 Å². The first kappa shape index (κ1) is 20.8. The Morgan fingerprint density at radius 2 is 1.63 bits per heavy atom.